The van der Waals surface area contributed by atoms with E-state index in [0.29, 0.717) is 12.2 Å². The number of furan rings is 1. The van der Waals surface area contributed by atoms with Crippen LogP contribution >= 0.6 is 0 Å². The van der Waals surface area contributed by atoms with Crippen LogP contribution < -0.4 is 5.32 Å². The number of hydrogen-bond donors (Lipinski definition) is 1. The lowest BCUT2D eigenvalue weighted by Gasteiger charge is -2.28. The minimum absolute atomic E-state index is 0.126. The predicted octanol–water partition coefficient (Wildman–Crippen LogP) is 4.61. The Bertz CT molecular complexity index is 821. The minimum atomic E-state index is -1.41. The van der Waals surface area contributed by atoms with Crippen LogP contribution in [0.4, 0.5) is 14.9 Å². The Hall–Kier alpha value is -2.15. The van der Waals surface area contributed by atoms with Crippen molar-refractivity contribution in [1.82, 2.24) is 4.90 Å². The van der Waals surface area contributed by atoms with Crippen molar-refractivity contribution in [3.05, 3.63) is 47.7 Å². The summed E-state index contributed by atoms with van der Waals surface area (Å²) in [5.41, 5.74) is 0.348. The van der Waals surface area contributed by atoms with Gasteiger partial charge in [0.05, 0.1) is 21.7 Å². The van der Waals surface area contributed by atoms with Crippen molar-refractivity contribution in [3.8, 4) is 0 Å². The average molecular weight is 378 g/mol. The van der Waals surface area contributed by atoms with Crippen molar-refractivity contribution >= 4 is 22.5 Å². The van der Waals surface area contributed by atoms with E-state index >= 15 is 0 Å². The van der Waals surface area contributed by atoms with Crippen molar-refractivity contribution in [2.24, 2.45) is 0 Å². The standard InChI is InChI=1S/C19H23FN2O3S/c1-13-7-9-17(25-13)16-6-4-3-5-11-22(16)19(23)21-14-8-10-18(26(2)24)15(20)12-14/h7-10,12,16H,3-6,11H2,1-2H3,(H,21,23)/t16-,26-/m1/s1. The molecule has 1 aliphatic heterocycles. The van der Waals surface area contributed by atoms with Crippen LogP contribution in [0, 0.1) is 12.7 Å². The van der Waals surface area contributed by atoms with E-state index in [4.69, 9.17) is 4.42 Å². The molecule has 2 heterocycles. The number of nitrogens with zero attached hydrogens (tertiary/aromatic N) is 1. The molecule has 0 aliphatic carbocycles. The summed E-state index contributed by atoms with van der Waals surface area (Å²) in [5, 5.41) is 2.76. The smallest absolute Gasteiger partial charge is 0.322 e. The number of urea groups is 1. The van der Waals surface area contributed by atoms with Gasteiger partial charge in [-0.15, -0.1) is 0 Å². The Kier molecular flexibility index (Phi) is 5.76. The average Bonchev–Trinajstić information content (AvgIpc) is 2.87. The SMILES string of the molecule is Cc1ccc([C@H]2CCCCCN2C(=O)Nc2ccc([S@@](C)=O)c(F)c2)o1. The number of amides is 2. The van der Waals surface area contributed by atoms with E-state index in [0.717, 1.165) is 37.2 Å². The first-order chi connectivity index (χ1) is 12.5. The van der Waals surface area contributed by atoms with Crippen LogP contribution in [0.15, 0.2) is 39.6 Å². The second kappa shape index (κ2) is 8.03. The third-order valence-corrected chi connectivity index (χ3v) is 5.55. The van der Waals surface area contributed by atoms with Gasteiger partial charge in [0.1, 0.15) is 17.3 Å². The first-order valence-corrected chi connectivity index (χ1v) is 10.3. The molecular weight excluding hydrogens is 355 g/mol. The number of nitrogens with one attached hydrogen (secondary N) is 1. The lowest BCUT2D eigenvalue weighted by atomic mass is 10.1. The van der Waals surface area contributed by atoms with Gasteiger partial charge in [-0.1, -0.05) is 12.8 Å². The number of anilines is 1. The van der Waals surface area contributed by atoms with Gasteiger partial charge in [-0.2, -0.15) is 0 Å². The van der Waals surface area contributed by atoms with Crippen LogP contribution in [0.2, 0.25) is 0 Å². The van der Waals surface area contributed by atoms with E-state index in [-0.39, 0.29) is 17.0 Å². The largest absolute Gasteiger partial charge is 0.464 e. The van der Waals surface area contributed by atoms with Crippen LogP contribution in [-0.4, -0.2) is 27.9 Å². The summed E-state index contributed by atoms with van der Waals surface area (Å²) in [6, 6.07) is 7.62. The van der Waals surface area contributed by atoms with Gasteiger partial charge in [-0.3, -0.25) is 4.21 Å². The van der Waals surface area contributed by atoms with Gasteiger partial charge in [-0.05, 0) is 50.1 Å². The summed E-state index contributed by atoms with van der Waals surface area (Å²) >= 11 is 0. The van der Waals surface area contributed by atoms with Gasteiger partial charge in [-0.25, -0.2) is 9.18 Å². The quantitative estimate of drug-likeness (QED) is 0.848. The summed E-state index contributed by atoms with van der Waals surface area (Å²) in [6.45, 7) is 2.50. The molecule has 2 amide bonds. The number of hydrogen-bond acceptors (Lipinski definition) is 3. The number of rotatable bonds is 3. The zero-order chi connectivity index (χ0) is 18.7. The van der Waals surface area contributed by atoms with Gasteiger partial charge in [0, 0.05) is 18.5 Å². The molecule has 140 valence electrons. The predicted molar refractivity (Wildman–Crippen MR) is 99.1 cm³/mol. The minimum Gasteiger partial charge on any atom is -0.464 e. The molecule has 1 aromatic heterocycles. The zero-order valence-corrected chi connectivity index (χ0v) is 15.8. The maximum absolute atomic E-state index is 14.0. The van der Waals surface area contributed by atoms with Crippen LogP contribution in [0.3, 0.4) is 0 Å². The first-order valence-electron chi connectivity index (χ1n) is 8.72. The van der Waals surface area contributed by atoms with E-state index < -0.39 is 16.6 Å². The van der Waals surface area contributed by atoms with Gasteiger partial charge in [0.25, 0.3) is 0 Å². The third-order valence-electron chi connectivity index (χ3n) is 4.60. The highest BCUT2D eigenvalue weighted by Crippen LogP contribution is 2.32. The number of benzene rings is 1. The van der Waals surface area contributed by atoms with Crippen molar-refractivity contribution in [2.45, 2.75) is 43.5 Å². The maximum atomic E-state index is 14.0. The Morgan fingerprint density at radius 3 is 2.73 bits per heavy atom. The van der Waals surface area contributed by atoms with Gasteiger partial charge >= 0.3 is 6.03 Å². The number of halogens is 1. The molecule has 1 aromatic carbocycles. The van der Waals surface area contributed by atoms with Crippen molar-refractivity contribution < 1.29 is 17.8 Å². The second-order valence-corrected chi connectivity index (χ2v) is 7.88. The van der Waals surface area contributed by atoms with Crippen molar-refractivity contribution in [2.75, 3.05) is 18.1 Å². The molecule has 5 nitrogen and oxygen atoms in total. The fourth-order valence-corrected chi connectivity index (χ4v) is 3.88. The van der Waals surface area contributed by atoms with Crippen LogP contribution in [0.1, 0.15) is 43.2 Å². The molecule has 0 spiro atoms. The highest BCUT2D eigenvalue weighted by molar-refractivity contribution is 7.84. The first kappa shape index (κ1) is 18.6. The van der Waals surface area contributed by atoms with Crippen molar-refractivity contribution in [1.29, 1.82) is 0 Å². The van der Waals surface area contributed by atoms with E-state index in [9.17, 15) is 13.4 Å². The summed E-state index contributed by atoms with van der Waals surface area (Å²) < 4.78 is 31.2. The highest BCUT2D eigenvalue weighted by atomic mass is 32.2. The van der Waals surface area contributed by atoms with E-state index in [1.165, 1.54) is 18.4 Å². The monoisotopic (exact) mass is 378 g/mol. The van der Waals surface area contributed by atoms with Gasteiger partial charge in [0.2, 0.25) is 0 Å². The zero-order valence-electron chi connectivity index (χ0n) is 15.0. The Morgan fingerprint density at radius 2 is 2.08 bits per heavy atom. The van der Waals surface area contributed by atoms with Crippen LogP contribution in [0.25, 0.3) is 0 Å². The molecule has 1 saturated heterocycles. The molecule has 2 atom stereocenters. The molecule has 0 saturated carbocycles. The highest BCUT2D eigenvalue weighted by Gasteiger charge is 2.29. The lowest BCUT2D eigenvalue weighted by molar-refractivity contribution is 0.178. The molecule has 3 rings (SSSR count). The molecule has 1 aliphatic rings. The molecule has 0 radical (unpaired) electrons. The molecular formula is C19H23FN2O3S. The van der Waals surface area contributed by atoms with E-state index in [1.807, 2.05) is 19.1 Å². The fraction of sp³-hybridized carbons (Fsp3) is 0.421. The number of likely N-dealkylation sites (tertiary alicyclic amines) is 1. The third kappa shape index (κ3) is 4.15. The molecule has 2 aromatic rings. The Balaban J connectivity index is 1.79. The number of carbonyl (C=O) groups excluding carboxylic acids is 1. The van der Waals surface area contributed by atoms with Gasteiger partial charge in [0.15, 0.2) is 0 Å². The van der Waals surface area contributed by atoms with Gasteiger partial charge < -0.3 is 14.6 Å². The summed E-state index contributed by atoms with van der Waals surface area (Å²) in [5.74, 6) is 1.01. The fourth-order valence-electron chi connectivity index (χ4n) is 3.29. The normalized spacial score (nSPS) is 19.0. The van der Waals surface area contributed by atoms with E-state index in [1.54, 1.807) is 11.0 Å². The van der Waals surface area contributed by atoms with Crippen molar-refractivity contribution in [3.63, 3.8) is 0 Å². The van der Waals surface area contributed by atoms with Crippen LogP contribution in [0.5, 0.6) is 0 Å². The maximum Gasteiger partial charge on any atom is 0.322 e. The summed E-state index contributed by atoms with van der Waals surface area (Å²) in [7, 11) is -1.41. The van der Waals surface area contributed by atoms with E-state index in [2.05, 4.69) is 5.32 Å². The number of carbonyl (C=O) groups is 1. The Morgan fingerprint density at radius 1 is 1.27 bits per heavy atom. The molecule has 7 heteroatoms. The lowest BCUT2D eigenvalue weighted by Crippen LogP contribution is -2.38. The van der Waals surface area contributed by atoms with Crippen LogP contribution in [-0.2, 0) is 10.8 Å². The summed E-state index contributed by atoms with van der Waals surface area (Å²) in [6.07, 6.45) is 5.27. The number of aryl methyl sites for hydroxylation is 1. The molecule has 1 N–H and O–H groups in total. The molecule has 0 bridgehead atoms. The topological polar surface area (TPSA) is 62.6 Å². The molecule has 26 heavy (non-hydrogen) atoms. The molecule has 0 unspecified atom stereocenters. The summed E-state index contributed by atoms with van der Waals surface area (Å²) in [4.78, 5) is 14.7. The Labute approximate surface area is 155 Å². The second-order valence-electron chi connectivity index (χ2n) is 6.54. The molecule has 1 fully saturated rings.